The molecule has 0 saturated carbocycles. The molecular formula is C23H28O5. The van der Waals surface area contributed by atoms with E-state index in [1.807, 2.05) is 0 Å². The molecule has 0 unspecified atom stereocenters. The number of ether oxygens (including phenoxy) is 3. The number of hydrogen-bond acceptors (Lipinski definition) is 4. The molecule has 0 aliphatic rings. The summed E-state index contributed by atoms with van der Waals surface area (Å²) in [6, 6.07) is 11.2. The quantitative estimate of drug-likeness (QED) is 0.449. The monoisotopic (exact) mass is 390 g/mol. The summed E-state index contributed by atoms with van der Waals surface area (Å²) >= 11 is 0. The molecule has 28 heavy (non-hydrogen) atoms. The van der Waals surface area contributed by atoms with E-state index in [4.69, 9.17) is 22.4 Å². The molecule has 0 aliphatic heterocycles. The third-order valence-corrected chi connectivity index (χ3v) is 4.28. The summed E-state index contributed by atoms with van der Waals surface area (Å²) in [4.78, 5) is 11.2. The number of rotatable bonds is 10. The number of carboxylic acids is 1. The van der Waals surface area contributed by atoms with Crippen LogP contribution in [0.5, 0.6) is 17.2 Å². The van der Waals surface area contributed by atoms with Gasteiger partial charge in [-0.25, -0.2) is 0 Å². The zero-order chi connectivity index (χ0) is 25.6. The molecule has 0 spiro atoms. The molecule has 0 saturated heterocycles. The second-order valence-electron chi connectivity index (χ2n) is 6.99. The Labute approximate surface area is 175 Å². The van der Waals surface area contributed by atoms with Crippen LogP contribution in [0.1, 0.15) is 46.0 Å². The number of hydrogen-bond donors (Lipinski definition) is 1. The fraction of sp³-hybridized carbons (Fsp3) is 0.348. The van der Waals surface area contributed by atoms with E-state index in [0.717, 1.165) is 5.56 Å². The topological polar surface area (TPSA) is 65.0 Å². The van der Waals surface area contributed by atoms with Crippen molar-refractivity contribution in [3.8, 4) is 17.2 Å². The van der Waals surface area contributed by atoms with E-state index in [-0.39, 0.29) is 18.1 Å². The van der Waals surface area contributed by atoms with Gasteiger partial charge in [-0.3, -0.25) is 4.79 Å². The van der Waals surface area contributed by atoms with Gasteiger partial charge in [-0.15, -0.1) is 0 Å². The Morgan fingerprint density at radius 2 is 1.64 bits per heavy atom. The lowest BCUT2D eigenvalue weighted by atomic mass is 9.88. The lowest BCUT2D eigenvalue weighted by Crippen LogP contribution is -2.24. The van der Waals surface area contributed by atoms with E-state index in [1.165, 1.54) is 18.2 Å². The molecule has 0 aliphatic carbocycles. The van der Waals surface area contributed by atoms with E-state index in [9.17, 15) is 9.90 Å². The number of benzene rings is 2. The Kier molecular flexibility index (Phi) is 4.95. The van der Waals surface area contributed by atoms with Gasteiger partial charge in [0.2, 0.25) is 0 Å². The normalized spacial score (nSPS) is 15.5. The van der Waals surface area contributed by atoms with Gasteiger partial charge in [0.15, 0.2) is 0 Å². The maximum atomic E-state index is 11.2. The average Bonchev–Trinajstić information content (AvgIpc) is 2.68. The van der Waals surface area contributed by atoms with Crippen molar-refractivity contribution in [2.45, 2.75) is 26.7 Å². The first-order valence-electron chi connectivity index (χ1n) is 11.8. The zero-order valence-electron chi connectivity index (χ0n) is 21.9. The van der Waals surface area contributed by atoms with E-state index >= 15 is 0 Å². The van der Waals surface area contributed by atoms with E-state index in [0.29, 0.717) is 24.2 Å². The van der Waals surface area contributed by atoms with Crippen molar-refractivity contribution in [1.82, 2.24) is 0 Å². The van der Waals surface area contributed by atoms with Crippen molar-refractivity contribution in [3.63, 3.8) is 0 Å². The lowest BCUT2D eigenvalue weighted by Gasteiger charge is -2.18. The summed E-state index contributed by atoms with van der Waals surface area (Å²) in [6.07, 6.45) is 4.40. The Morgan fingerprint density at radius 3 is 2.32 bits per heavy atom. The minimum Gasteiger partial charge on any atom is -0.497 e. The molecule has 0 amide bonds. The second kappa shape index (κ2) is 9.83. The van der Waals surface area contributed by atoms with Crippen molar-refractivity contribution in [1.29, 1.82) is 0 Å². The predicted octanol–water partition coefficient (Wildman–Crippen LogP) is 5.14. The van der Waals surface area contributed by atoms with Crippen LogP contribution in [-0.2, 0) is 4.79 Å². The first-order valence-corrected chi connectivity index (χ1v) is 8.80. The lowest BCUT2D eigenvalue weighted by molar-refractivity contribution is -0.147. The molecule has 1 N–H and O–H groups in total. The smallest absolute Gasteiger partial charge is 0.309 e. The van der Waals surface area contributed by atoms with Crippen LogP contribution in [0, 0.1) is 5.41 Å². The van der Waals surface area contributed by atoms with Crippen LogP contribution in [-0.4, -0.2) is 31.8 Å². The molecule has 2 rings (SSSR count). The van der Waals surface area contributed by atoms with Gasteiger partial charge in [0.25, 0.3) is 0 Å². The molecule has 5 heteroatoms. The first-order chi connectivity index (χ1) is 15.6. The van der Waals surface area contributed by atoms with E-state index in [1.54, 1.807) is 50.3 Å². The highest BCUT2D eigenvalue weighted by Gasteiger charge is 2.26. The Balaban J connectivity index is 2.14. The van der Waals surface area contributed by atoms with Gasteiger partial charge in [-0.05, 0) is 62.1 Å². The third-order valence-electron chi connectivity index (χ3n) is 4.28. The highest BCUT2D eigenvalue weighted by molar-refractivity contribution is 5.73. The Hall–Kier alpha value is -2.95. The standard InChI is InChI=1S/C23H28O5/c1-23(2,22(24)25)12-5-13-28-21-15-18(14-20(16-21)27-4)7-6-17-8-10-19(26-3)11-9-17/h6-11,14-16H,5,12-13H2,1-4H3,(H,24,25)/b7-6+/i3D3,4D3. The minimum absolute atomic E-state index is 0.101. The summed E-state index contributed by atoms with van der Waals surface area (Å²) in [5.74, 6) is -0.182. The third kappa shape index (κ3) is 6.34. The second-order valence-corrected chi connectivity index (χ2v) is 6.99. The molecular weight excluding hydrogens is 356 g/mol. The fourth-order valence-electron chi connectivity index (χ4n) is 2.48. The summed E-state index contributed by atoms with van der Waals surface area (Å²) in [5.41, 5.74) is 0.511. The molecule has 0 atom stereocenters. The molecule has 150 valence electrons. The highest BCUT2D eigenvalue weighted by atomic mass is 16.5. The van der Waals surface area contributed by atoms with Crippen molar-refractivity contribution < 1.29 is 32.3 Å². The summed E-state index contributed by atoms with van der Waals surface area (Å²) in [7, 11) is -5.16. The summed E-state index contributed by atoms with van der Waals surface area (Å²) in [6.45, 7) is 3.54. The van der Waals surface area contributed by atoms with Gasteiger partial charge in [0.1, 0.15) is 17.2 Å². The summed E-state index contributed by atoms with van der Waals surface area (Å²) in [5, 5.41) is 9.21. The maximum Gasteiger partial charge on any atom is 0.309 e. The molecule has 0 fully saturated rings. The first kappa shape index (κ1) is 14.1. The van der Waals surface area contributed by atoms with Crippen molar-refractivity contribution >= 4 is 18.1 Å². The van der Waals surface area contributed by atoms with Crippen molar-refractivity contribution in [3.05, 3.63) is 53.6 Å². The SMILES string of the molecule is [2H]C([2H])([2H])Oc1ccc(/C=C/c2cc(OCCCC(C)(C)C(=O)O)cc(OC([2H])([2H])[2H])c2)cc1. The van der Waals surface area contributed by atoms with Crippen LogP contribution < -0.4 is 14.2 Å². The van der Waals surface area contributed by atoms with Crippen LogP contribution in [0.15, 0.2) is 42.5 Å². The molecule has 0 heterocycles. The average molecular weight is 391 g/mol. The predicted molar refractivity (Wildman–Crippen MR) is 111 cm³/mol. The summed E-state index contributed by atoms with van der Waals surface area (Å²) < 4.78 is 59.1. The molecule has 2 aromatic rings. The van der Waals surface area contributed by atoms with Crippen molar-refractivity contribution in [2.75, 3.05) is 20.7 Å². The van der Waals surface area contributed by atoms with Gasteiger partial charge >= 0.3 is 5.97 Å². The van der Waals surface area contributed by atoms with Crippen LogP contribution in [0.25, 0.3) is 12.2 Å². The Bertz CT molecular complexity index is 994. The number of carboxylic acid groups (broad SMARTS) is 1. The molecule has 0 bridgehead atoms. The van der Waals surface area contributed by atoms with Gasteiger partial charge in [0, 0.05) is 6.07 Å². The number of carbonyl (C=O) groups is 1. The Morgan fingerprint density at radius 1 is 1.00 bits per heavy atom. The van der Waals surface area contributed by atoms with Crippen LogP contribution in [0.3, 0.4) is 0 Å². The number of aliphatic carboxylic acids is 1. The van der Waals surface area contributed by atoms with Crippen LogP contribution >= 0.6 is 0 Å². The van der Waals surface area contributed by atoms with Gasteiger partial charge < -0.3 is 19.3 Å². The largest absolute Gasteiger partial charge is 0.497 e. The molecule has 0 aromatic heterocycles. The maximum absolute atomic E-state index is 11.2. The van der Waals surface area contributed by atoms with Gasteiger partial charge in [-0.1, -0.05) is 24.3 Å². The van der Waals surface area contributed by atoms with E-state index < -0.39 is 25.5 Å². The van der Waals surface area contributed by atoms with Crippen LogP contribution in [0.4, 0.5) is 0 Å². The molecule has 0 radical (unpaired) electrons. The highest BCUT2D eigenvalue weighted by Crippen LogP contribution is 2.26. The molecule has 2 aromatic carbocycles. The van der Waals surface area contributed by atoms with E-state index in [2.05, 4.69) is 0 Å². The molecule has 5 nitrogen and oxygen atoms in total. The van der Waals surface area contributed by atoms with Gasteiger partial charge in [0.05, 0.1) is 34.3 Å². The number of methoxy groups -OCH3 is 2. The fourth-order valence-corrected chi connectivity index (χ4v) is 2.48. The van der Waals surface area contributed by atoms with Gasteiger partial charge in [-0.2, -0.15) is 0 Å². The van der Waals surface area contributed by atoms with Crippen LogP contribution in [0.2, 0.25) is 0 Å². The minimum atomic E-state index is -2.64. The zero-order valence-corrected chi connectivity index (χ0v) is 15.9. The van der Waals surface area contributed by atoms with Crippen molar-refractivity contribution in [2.24, 2.45) is 5.41 Å².